The summed E-state index contributed by atoms with van der Waals surface area (Å²) in [5.41, 5.74) is 0.357. The summed E-state index contributed by atoms with van der Waals surface area (Å²) in [6.07, 6.45) is 8.27. The van der Waals surface area contributed by atoms with Crippen molar-refractivity contribution in [1.82, 2.24) is 15.5 Å². The first-order chi connectivity index (χ1) is 13.1. The molecule has 0 spiro atoms. The van der Waals surface area contributed by atoms with E-state index in [1.54, 1.807) is 7.11 Å². The molecule has 4 aliphatic rings. The smallest absolute Gasteiger partial charge is 0.230 e. The number of methoxy groups -OCH3 is 1. The van der Waals surface area contributed by atoms with Crippen LogP contribution >= 0.6 is 23.1 Å². The Bertz CT molecular complexity index is 631. The molecule has 4 aliphatic carbocycles. The molecule has 27 heavy (non-hydrogen) atoms. The molecule has 1 aromatic heterocycles. The quantitative estimate of drug-likeness (QED) is 0.480. The van der Waals surface area contributed by atoms with Crippen molar-refractivity contribution in [2.24, 2.45) is 23.2 Å². The van der Waals surface area contributed by atoms with Gasteiger partial charge in [-0.3, -0.25) is 4.79 Å². The second-order valence-electron chi connectivity index (χ2n) is 8.65. The number of carbonyl (C=O) groups excluding carboxylic acids is 1. The lowest BCUT2D eigenvalue weighted by Gasteiger charge is -2.59. The van der Waals surface area contributed by atoms with Crippen molar-refractivity contribution >= 4 is 34.1 Å². The number of rotatable bonds is 9. The van der Waals surface area contributed by atoms with Gasteiger partial charge in [0.2, 0.25) is 11.0 Å². The maximum absolute atomic E-state index is 12.5. The van der Waals surface area contributed by atoms with Gasteiger partial charge in [-0.1, -0.05) is 23.1 Å². The molecule has 1 unspecified atom stereocenters. The van der Waals surface area contributed by atoms with Crippen LogP contribution in [0.25, 0.3) is 0 Å². The van der Waals surface area contributed by atoms with Crippen LogP contribution in [0.1, 0.15) is 45.4 Å². The minimum atomic E-state index is 0.118. The number of aromatic nitrogens is 2. The zero-order valence-corrected chi connectivity index (χ0v) is 17.8. The molecular formula is C19H30N4O2S2. The van der Waals surface area contributed by atoms with Gasteiger partial charge < -0.3 is 15.4 Å². The number of hydrogen-bond acceptors (Lipinski definition) is 7. The molecule has 0 aliphatic heterocycles. The fourth-order valence-electron chi connectivity index (χ4n) is 5.87. The zero-order chi connectivity index (χ0) is 18.9. The number of nitrogens with one attached hydrogen (secondary N) is 2. The van der Waals surface area contributed by atoms with Gasteiger partial charge in [0.25, 0.3) is 0 Å². The van der Waals surface area contributed by atoms with Crippen molar-refractivity contribution in [2.45, 2.75) is 55.8 Å². The normalized spacial score (nSPS) is 32.4. The molecule has 4 saturated carbocycles. The maximum Gasteiger partial charge on any atom is 0.230 e. The van der Waals surface area contributed by atoms with E-state index in [4.69, 9.17) is 4.74 Å². The van der Waals surface area contributed by atoms with Gasteiger partial charge in [0.15, 0.2) is 4.34 Å². The van der Waals surface area contributed by atoms with Gasteiger partial charge in [0, 0.05) is 19.7 Å². The van der Waals surface area contributed by atoms with Crippen molar-refractivity contribution in [1.29, 1.82) is 0 Å². The van der Waals surface area contributed by atoms with E-state index in [1.165, 1.54) is 61.6 Å². The average Bonchev–Trinajstić information content (AvgIpc) is 3.07. The van der Waals surface area contributed by atoms with Gasteiger partial charge in [-0.25, -0.2) is 0 Å². The Morgan fingerprint density at radius 3 is 2.56 bits per heavy atom. The van der Waals surface area contributed by atoms with Crippen molar-refractivity contribution in [3.05, 3.63) is 0 Å². The monoisotopic (exact) mass is 410 g/mol. The molecule has 150 valence electrons. The van der Waals surface area contributed by atoms with Crippen molar-refractivity contribution in [3.8, 4) is 0 Å². The Kier molecular flexibility index (Phi) is 5.94. The summed E-state index contributed by atoms with van der Waals surface area (Å²) >= 11 is 2.95. The highest BCUT2D eigenvalue weighted by Crippen LogP contribution is 2.61. The number of ether oxygens (including phenoxy) is 1. The molecule has 6 nitrogen and oxygen atoms in total. The first-order valence-corrected chi connectivity index (χ1v) is 11.8. The van der Waals surface area contributed by atoms with Gasteiger partial charge in [0.05, 0.1) is 12.4 Å². The molecule has 8 heteroatoms. The summed E-state index contributed by atoms with van der Waals surface area (Å²) in [7, 11) is 1.67. The molecule has 1 heterocycles. The van der Waals surface area contributed by atoms with E-state index in [1.807, 2.05) is 0 Å². The van der Waals surface area contributed by atoms with Crippen LogP contribution in [-0.4, -0.2) is 48.2 Å². The van der Waals surface area contributed by atoms with Crippen molar-refractivity contribution < 1.29 is 9.53 Å². The number of carbonyl (C=O) groups is 1. The van der Waals surface area contributed by atoms with Gasteiger partial charge in [-0.15, -0.1) is 10.2 Å². The molecule has 1 aromatic rings. The molecule has 0 saturated heterocycles. The Balaban J connectivity index is 1.25. The fourth-order valence-corrected chi connectivity index (χ4v) is 7.46. The number of nitrogens with zero attached hydrogens (tertiary/aromatic N) is 2. The van der Waals surface area contributed by atoms with Gasteiger partial charge in [-0.2, -0.15) is 0 Å². The van der Waals surface area contributed by atoms with Gasteiger partial charge in [-0.05, 0) is 68.6 Å². The summed E-state index contributed by atoms with van der Waals surface area (Å²) in [5, 5.41) is 15.5. The molecular weight excluding hydrogens is 380 g/mol. The first-order valence-electron chi connectivity index (χ1n) is 10.0. The Labute approximate surface area is 169 Å². The van der Waals surface area contributed by atoms with Crippen LogP contribution in [-0.2, 0) is 9.53 Å². The molecule has 0 radical (unpaired) electrons. The lowest BCUT2D eigenvalue weighted by Crippen LogP contribution is -2.56. The highest BCUT2D eigenvalue weighted by molar-refractivity contribution is 8.01. The van der Waals surface area contributed by atoms with Crippen LogP contribution in [0, 0.1) is 23.2 Å². The highest BCUT2D eigenvalue weighted by atomic mass is 32.2. The molecule has 1 amide bonds. The third kappa shape index (κ3) is 4.43. The molecule has 5 rings (SSSR count). The topological polar surface area (TPSA) is 76.1 Å². The Morgan fingerprint density at radius 1 is 1.26 bits per heavy atom. The van der Waals surface area contributed by atoms with Crippen molar-refractivity contribution in [3.63, 3.8) is 0 Å². The van der Waals surface area contributed by atoms with Crippen LogP contribution in [0.3, 0.4) is 0 Å². The van der Waals surface area contributed by atoms with E-state index in [2.05, 4.69) is 27.8 Å². The summed E-state index contributed by atoms with van der Waals surface area (Å²) < 4.78 is 5.84. The summed E-state index contributed by atoms with van der Waals surface area (Å²) in [6, 6.07) is 0.277. The average molecular weight is 411 g/mol. The lowest BCUT2D eigenvalue weighted by molar-refractivity contribution is -0.123. The lowest BCUT2D eigenvalue weighted by atomic mass is 9.48. The standard InChI is InChI=1S/C19H30N4O2S2/c1-12(19-8-13-5-14(9-19)7-15(6-13)10-19)21-16(24)11-26-18-23-22-17(27-18)20-3-4-25-2/h12-15H,3-11H2,1-2H3,(H,20,22)(H,21,24). The van der Waals surface area contributed by atoms with E-state index < -0.39 is 0 Å². The molecule has 2 N–H and O–H groups in total. The highest BCUT2D eigenvalue weighted by Gasteiger charge is 2.53. The SMILES string of the molecule is COCCNc1nnc(SCC(=O)NC(C)C23CC4CC(CC(C4)C2)C3)s1. The zero-order valence-electron chi connectivity index (χ0n) is 16.2. The minimum Gasteiger partial charge on any atom is -0.383 e. The predicted molar refractivity (Wildman–Crippen MR) is 109 cm³/mol. The summed E-state index contributed by atoms with van der Waals surface area (Å²) in [4.78, 5) is 12.5. The van der Waals surface area contributed by atoms with Crippen LogP contribution in [0.5, 0.6) is 0 Å². The Hall–Kier alpha value is -0.860. The minimum absolute atomic E-state index is 0.118. The van der Waals surface area contributed by atoms with E-state index in [0.29, 0.717) is 24.3 Å². The fraction of sp³-hybridized carbons (Fsp3) is 0.842. The second kappa shape index (κ2) is 8.25. The maximum atomic E-state index is 12.5. The first kappa shape index (κ1) is 19.5. The third-order valence-corrected chi connectivity index (χ3v) is 8.71. The number of anilines is 1. The number of amides is 1. The number of hydrogen-bond donors (Lipinski definition) is 2. The van der Waals surface area contributed by atoms with Crippen molar-refractivity contribution in [2.75, 3.05) is 31.3 Å². The summed E-state index contributed by atoms with van der Waals surface area (Å²) in [5.74, 6) is 3.26. The van der Waals surface area contributed by atoms with E-state index >= 15 is 0 Å². The second-order valence-corrected chi connectivity index (χ2v) is 10.9. The molecule has 4 bridgehead atoms. The largest absolute Gasteiger partial charge is 0.383 e. The Morgan fingerprint density at radius 2 is 1.93 bits per heavy atom. The van der Waals surface area contributed by atoms with Crippen LogP contribution < -0.4 is 10.6 Å². The number of thioether (sulfide) groups is 1. The molecule has 4 fully saturated rings. The van der Waals surface area contributed by atoms with Crippen LogP contribution in [0.15, 0.2) is 4.34 Å². The summed E-state index contributed by atoms with van der Waals surface area (Å²) in [6.45, 7) is 3.57. The molecule has 1 atom stereocenters. The van der Waals surface area contributed by atoms with Gasteiger partial charge in [0.1, 0.15) is 0 Å². The van der Waals surface area contributed by atoms with E-state index in [9.17, 15) is 4.79 Å². The van der Waals surface area contributed by atoms with E-state index in [0.717, 1.165) is 27.2 Å². The third-order valence-electron chi connectivity index (χ3n) is 6.70. The van der Waals surface area contributed by atoms with E-state index in [-0.39, 0.29) is 11.9 Å². The van der Waals surface area contributed by atoms with Crippen LogP contribution in [0.2, 0.25) is 0 Å². The van der Waals surface area contributed by atoms with Gasteiger partial charge >= 0.3 is 0 Å². The van der Waals surface area contributed by atoms with Crippen LogP contribution in [0.4, 0.5) is 5.13 Å². The molecule has 0 aromatic carbocycles. The predicted octanol–water partition coefficient (Wildman–Crippen LogP) is 3.41.